The molecule has 25 heavy (non-hydrogen) atoms. The second kappa shape index (κ2) is 7.55. The first-order chi connectivity index (χ1) is 12.1. The number of nitrogens with one attached hydrogen (secondary N) is 1. The van der Waals surface area contributed by atoms with Crippen LogP contribution < -0.4 is 10.1 Å². The molecule has 1 aromatic carbocycles. The normalized spacial score (nSPS) is 18.4. The Morgan fingerprint density at radius 1 is 1.20 bits per heavy atom. The van der Waals surface area contributed by atoms with E-state index in [0.717, 1.165) is 11.3 Å². The van der Waals surface area contributed by atoms with Gasteiger partial charge in [-0.2, -0.15) is 0 Å². The van der Waals surface area contributed by atoms with E-state index in [-0.39, 0.29) is 30.4 Å². The zero-order valence-electron chi connectivity index (χ0n) is 14.4. The first-order valence-electron chi connectivity index (χ1n) is 8.59. The second-order valence-corrected chi connectivity index (χ2v) is 6.38. The van der Waals surface area contributed by atoms with Gasteiger partial charge in [-0.1, -0.05) is 12.1 Å². The van der Waals surface area contributed by atoms with Gasteiger partial charge in [0.1, 0.15) is 5.75 Å². The van der Waals surface area contributed by atoms with Crippen molar-refractivity contribution < 1.29 is 19.1 Å². The lowest BCUT2D eigenvalue weighted by molar-refractivity contribution is -0.133. The summed E-state index contributed by atoms with van der Waals surface area (Å²) in [4.78, 5) is 39.0. The molecule has 2 aliphatic rings. The van der Waals surface area contributed by atoms with Crippen molar-refractivity contribution in [2.75, 3.05) is 26.7 Å². The van der Waals surface area contributed by atoms with E-state index in [9.17, 15) is 14.4 Å². The van der Waals surface area contributed by atoms with Gasteiger partial charge in [-0.05, 0) is 37.0 Å². The molecule has 2 aliphatic heterocycles. The molecule has 0 saturated carbocycles. The standard InChI is InChI=1S/C18H23N3O4/c1-25-15-5-2-13(3-6-15)4-7-16(22)20-10-8-14(9-11-20)21-17(23)12-19-18(21)24/h2-3,5-6,14H,4,7-12H2,1H3,(H,19,24). The molecule has 2 heterocycles. The summed E-state index contributed by atoms with van der Waals surface area (Å²) in [5.41, 5.74) is 1.10. The minimum Gasteiger partial charge on any atom is -0.497 e. The fourth-order valence-electron chi connectivity index (χ4n) is 3.38. The summed E-state index contributed by atoms with van der Waals surface area (Å²) in [6.45, 7) is 1.26. The highest BCUT2D eigenvalue weighted by atomic mass is 16.5. The number of likely N-dealkylation sites (tertiary alicyclic amines) is 1. The number of methoxy groups -OCH3 is 1. The third kappa shape index (κ3) is 3.92. The van der Waals surface area contributed by atoms with Crippen LogP contribution in [0.25, 0.3) is 0 Å². The maximum Gasteiger partial charge on any atom is 0.324 e. The van der Waals surface area contributed by atoms with E-state index in [4.69, 9.17) is 4.74 Å². The minimum atomic E-state index is -0.311. The maximum atomic E-state index is 12.4. The number of hydrogen-bond acceptors (Lipinski definition) is 4. The Bertz CT molecular complexity index is 635. The summed E-state index contributed by atoms with van der Waals surface area (Å²) >= 11 is 0. The molecule has 134 valence electrons. The number of benzene rings is 1. The van der Waals surface area contributed by atoms with Gasteiger partial charge in [0, 0.05) is 25.6 Å². The van der Waals surface area contributed by atoms with Gasteiger partial charge in [0.05, 0.1) is 13.7 Å². The van der Waals surface area contributed by atoms with Crippen LogP contribution in [0.15, 0.2) is 24.3 Å². The number of carbonyl (C=O) groups is 3. The van der Waals surface area contributed by atoms with Crippen LogP contribution in [0.5, 0.6) is 5.75 Å². The molecule has 2 fully saturated rings. The molecule has 0 aliphatic carbocycles. The van der Waals surface area contributed by atoms with E-state index >= 15 is 0 Å². The third-order valence-corrected chi connectivity index (χ3v) is 4.85. The topological polar surface area (TPSA) is 79.0 Å². The summed E-state index contributed by atoms with van der Waals surface area (Å²) in [6.07, 6.45) is 2.44. The van der Waals surface area contributed by atoms with E-state index < -0.39 is 0 Å². The number of rotatable bonds is 5. The van der Waals surface area contributed by atoms with Gasteiger partial charge in [0.15, 0.2) is 0 Å². The summed E-state index contributed by atoms with van der Waals surface area (Å²) in [5, 5.41) is 2.55. The number of carbonyl (C=O) groups excluding carboxylic acids is 3. The molecule has 1 N–H and O–H groups in total. The van der Waals surface area contributed by atoms with E-state index in [1.165, 1.54) is 4.90 Å². The Labute approximate surface area is 146 Å². The van der Waals surface area contributed by atoms with Crippen molar-refractivity contribution in [3.63, 3.8) is 0 Å². The fourth-order valence-corrected chi connectivity index (χ4v) is 3.38. The van der Waals surface area contributed by atoms with Crippen LogP contribution in [-0.4, -0.2) is 60.4 Å². The van der Waals surface area contributed by atoms with Crippen LogP contribution in [0.1, 0.15) is 24.8 Å². The lowest BCUT2D eigenvalue weighted by Gasteiger charge is -2.35. The van der Waals surface area contributed by atoms with Crippen molar-refractivity contribution in [1.29, 1.82) is 0 Å². The van der Waals surface area contributed by atoms with Gasteiger partial charge < -0.3 is 15.0 Å². The number of ether oxygens (including phenoxy) is 1. The number of imide groups is 1. The highest BCUT2D eigenvalue weighted by Gasteiger charge is 2.37. The molecule has 0 spiro atoms. The lowest BCUT2D eigenvalue weighted by atomic mass is 10.0. The molecular weight excluding hydrogens is 322 g/mol. The molecule has 0 unspecified atom stereocenters. The van der Waals surface area contributed by atoms with Gasteiger partial charge in [-0.25, -0.2) is 4.79 Å². The molecular formula is C18H23N3O4. The highest BCUT2D eigenvalue weighted by Crippen LogP contribution is 2.20. The zero-order chi connectivity index (χ0) is 17.8. The zero-order valence-corrected chi connectivity index (χ0v) is 14.4. The van der Waals surface area contributed by atoms with Crippen molar-refractivity contribution in [2.45, 2.75) is 31.7 Å². The summed E-state index contributed by atoms with van der Waals surface area (Å²) < 4.78 is 5.13. The van der Waals surface area contributed by atoms with Gasteiger partial charge in [-0.15, -0.1) is 0 Å². The number of nitrogens with zero attached hydrogens (tertiary/aromatic N) is 2. The molecule has 4 amide bonds. The molecule has 0 atom stereocenters. The summed E-state index contributed by atoms with van der Waals surface area (Å²) in [5.74, 6) is 0.749. The molecule has 7 heteroatoms. The van der Waals surface area contributed by atoms with Crippen molar-refractivity contribution in [3.05, 3.63) is 29.8 Å². The number of hydrogen-bond donors (Lipinski definition) is 1. The maximum absolute atomic E-state index is 12.4. The first-order valence-corrected chi connectivity index (χ1v) is 8.59. The predicted molar refractivity (Wildman–Crippen MR) is 91.2 cm³/mol. The number of aryl methyl sites for hydroxylation is 1. The monoisotopic (exact) mass is 345 g/mol. The van der Waals surface area contributed by atoms with Gasteiger partial charge in [-0.3, -0.25) is 14.5 Å². The predicted octanol–water partition coefficient (Wildman–Crippen LogP) is 1.17. The van der Waals surface area contributed by atoms with Crippen molar-refractivity contribution in [3.8, 4) is 5.75 Å². The van der Waals surface area contributed by atoms with Crippen molar-refractivity contribution in [1.82, 2.24) is 15.1 Å². The SMILES string of the molecule is COc1ccc(CCC(=O)N2CCC(N3C(=O)CNC3=O)CC2)cc1. The molecule has 7 nitrogen and oxygen atoms in total. The minimum absolute atomic E-state index is 0.0832. The van der Waals surface area contributed by atoms with E-state index in [1.54, 1.807) is 7.11 Å². The summed E-state index contributed by atoms with van der Waals surface area (Å²) in [7, 11) is 1.63. The Kier molecular flexibility index (Phi) is 5.21. The van der Waals surface area contributed by atoms with Crippen LogP contribution in [0.2, 0.25) is 0 Å². The molecule has 1 aromatic rings. The highest BCUT2D eigenvalue weighted by molar-refractivity contribution is 6.02. The quantitative estimate of drug-likeness (QED) is 0.813. The summed E-state index contributed by atoms with van der Waals surface area (Å²) in [6, 6.07) is 7.31. The molecule has 0 bridgehead atoms. The Hall–Kier alpha value is -2.57. The largest absolute Gasteiger partial charge is 0.497 e. The fraction of sp³-hybridized carbons (Fsp3) is 0.500. The van der Waals surface area contributed by atoms with Crippen LogP contribution in [-0.2, 0) is 16.0 Å². The molecule has 0 aromatic heterocycles. The number of amides is 4. The van der Waals surface area contributed by atoms with Crippen molar-refractivity contribution >= 4 is 17.8 Å². The number of urea groups is 1. The van der Waals surface area contributed by atoms with Gasteiger partial charge in [0.2, 0.25) is 11.8 Å². The number of piperidine rings is 1. The average Bonchev–Trinajstić information content (AvgIpc) is 2.98. The van der Waals surface area contributed by atoms with E-state index in [2.05, 4.69) is 5.32 Å². The van der Waals surface area contributed by atoms with Gasteiger partial charge in [0.25, 0.3) is 0 Å². The Morgan fingerprint density at radius 3 is 2.44 bits per heavy atom. The second-order valence-electron chi connectivity index (χ2n) is 6.38. The molecule has 3 rings (SSSR count). The first kappa shape index (κ1) is 17.3. The molecule has 0 radical (unpaired) electrons. The smallest absolute Gasteiger partial charge is 0.324 e. The van der Waals surface area contributed by atoms with E-state index in [1.807, 2.05) is 29.2 Å². The Morgan fingerprint density at radius 2 is 1.88 bits per heavy atom. The van der Waals surface area contributed by atoms with Crippen molar-refractivity contribution in [2.24, 2.45) is 0 Å². The Balaban J connectivity index is 1.46. The average molecular weight is 345 g/mol. The molecule has 2 saturated heterocycles. The third-order valence-electron chi connectivity index (χ3n) is 4.85. The van der Waals surface area contributed by atoms with Crippen LogP contribution in [0.4, 0.5) is 4.79 Å². The van der Waals surface area contributed by atoms with Crippen LogP contribution in [0.3, 0.4) is 0 Å². The lowest BCUT2D eigenvalue weighted by Crippen LogP contribution is -2.49. The van der Waals surface area contributed by atoms with Crippen LogP contribution in [0, 0.1) is 0 Å². The van der Waals surface area contributed by atoms with E-state index in [0.29, 0.717) is 38.8 Å². The van der Waals surface area contributed by atoms with Crippen LogP contribution >= 0.6 is 0 Å². The van der Waals surface area contributed by atoms with Gasteiger partial charge >= 0.3 is 6.03 Å².